The minimum absolute atomic E-state index is 0.0316. The summed E-state index contributed by atoms with van der Waals surface area (Å²) in [5.74, 6) is -0.148. The van der Waals surface area contributed by atoms with Crippen molar-refractivity contribution in [2.24, 2.45) is 0 Å². The SMILES string of the molecule is C=C(CS(C)(=O)=O)c1ccc([N+](=O)[O-])cc1. The van der Waals surface area contributed by atoms with Gasteiger partial charge in [0, 0.05) is 18.4 Å². The average Bonchev–Trinajstić information content (AvgIpc) is 2.15. The Hall–Kier alpha value is -1.69. The summed E-state index contributed by atoms with van der Waals surface area (Å²) in [4.78, 5) is 9.89. The topological polar surface area (TPSA) is 77.3 Å². The second-order valence-electron chi connectivity index (χ2n) is 3.48. The van der Waals surface area contributed by atoms with E-state index < -0.39 is 14.8 Å². The van der Waals surface area contributed by atoms with Crippen molar-refractivity contribution in [2.45, 2.75) is 0 Å². The number of hydrogen-bond donors (Lipinski definition) is 0. The predicted molar refractivity (Wildman–Crippen MR) is 61.8 cm³/mol. The first kappa shape index (κ1) is 12.4. The number of hydrogen-bond acceptors (Lipinski definition) is 4. The van der Waals surface area contributed by atoms with Crippen LogP contribution in [-0.2, 0) is 9.84 Å². The second-order valence-corrected chi connectivity index (χ2v) is 5.62. The molecular weight excluding hydrogens is 230 g/mol. The first-order valence-corrected chi connectivity index (χ1v) is 6.46. The number of non-ortho nitro benzene ring substituents is 1. The van der Waals surface area contributed by atoms with E-state index in [0.29, 0.717) is 11.1 Å². The molecule has 0 heterocycles. The van der Waals surface area contributed by atoms with Gasteiger partial charge in [0.1, 0.15) is 0 Å². The third kappa shape index (κ3) is 3.47. The number of rotatable bonds is 4. The lowest BCUT2D eigenvalue weighted by Gasteiger charge is -2.03. The van der Waals surface area contributed by atoms with Crippen LogP contribution in [0.1, 0.15) is 5.56 Å². The lowest BCUT2D eigenvalue weighted by Crippen LogP contribution is -2.04. The fraction of sp³-hybridized carbons (Fsp3) is 0.200. The van der Waals surface area contributed by atoms with Gasteiger partial charge < -0.3 is 0 Å². The van der Waals surface area contributed by atoms with E-state index in [-0.39, 0.29) is 11.4 Å². The average molecular weight is 241 g/mol. The van der Waals surface area contributed by atoms with Crippen molar-refractivity contribution in [3.63, 3.8) is 0 Å². The molecule has 6 heteroatoms. The van der Waals surface area contributed by atoms with E-state index in [1.807, 2.05) is 0 Å². The first-order chi connectivity index (χ1) is 7.29. The Morgan fingerprint density at radius 2 is 1.88 bits per heavy atom. The maximum Gasteiger partial charge on any atom is 0.269 e. The van der Waals surface area contributed by atoms with Gasteiger partial charge in [0.2, 0.25) is 0 Å². The molecule has 0 atom stereocenters. The van der Waals surface area contributed by atoms with Gasteiger partial charge in [-0.1, -0.05) is 6.58 Å². The summed E-state index contributed by atoms with van der Waals surface area (Å²) in [5.41, 5.74) is 0.990. The van der Waals surface area contributed by atoms with Crippen LogP contribution < -0.4 is 0 Å². The highest BCUT2D eigenvalue weighted by atomic mass is 32.2. The van der Waals surface area contributed by atoms with E-state index in [1.165, 1.54) is 24.3 Å². The number of sulfone groups is 1. The van der Waals surface area contributed by atoms with Gasteiger partial charge in [-0.15, -0.1) is 0 Å². The normalized spacial score (nSPS) is 11.1. The zero-order chi connectivity index (χ0) is 12.3. The van der Waals surface area contributed by atoms with Gasteiger partial charge in [-0.05, 0) is 23.3 Å². The Kier molecular flexibility index (Phi) is 3.44. The summed E-state index contributed by atoms with van der Waals surface area (Å²) in [6.07, 6.45) is 1.11. The molecule has 1 rings (SSSR count). The molecule has 0 saturated carbocycles. The van der Waals surface area contributed by atoms with Crippen LogP contribution in [0, 0.1) is 10.1 Å². The summed E-state index contributed by atoms with van der Waals surface area (Å²) < 4.78 is 22.0. The molecule has 0 spiro atoms. The van der Waals surface area contributed by atoms with Gasteiger partial charge in [0.05, 0.1) is 10.7 Å². The summed E-state index contributed by atoms with van der Waals surface area (Å²) in [5, 5.41) is 10.4. The van der Waals surface area contributed by atoms with E-state index in [2.05, 4.69) is 6.58 Å². The zero-order valence-electron chi connectivity index (χ0n) is 8.71. The highest BCUT2D eigenvalue weighted by Gasteiger charge is 2.09. The van der Waals surface area contributed by atoms with Gasteiger partial charge in [-0.2, -0.15) is 0 Å². The van der Waals surface area contributed by atoms with Gasteiger partial charge in [0.15, 0.2) is 9.84 Å². The maximum atomic E-state index is 11.0. The lowest BCUT2D eigenvalue weighted by molar-refractivity contribution is -0.384. The summed E-state index contributed by atoms with van der Waals surface area (Å²) >= 11 is 0. The van der Waals surface area contributed by atoms with Crippen LogP contribution in [0.15, 0.2) is 30.8 Å². The van der Waals surface area contributed by atoms with Crippen molar-refractivity contribution in [3.05, 3.63) is 46.5 Å². The summed E-state index contributed by atoms with van der Waals surface area (Å²) in [6, 6.07) is 5.63. The lowest BCUT2D eigenvalue weighted by atomic mass is 10.1. The molecule has 0 fully saturated rings. The van der Waals surface area contributed by atoms with Crippen LogP contribution in [0.5, 0.6) is 0 Å². The first-order valence-electron chi connectivity index (χ1n) is 4.40. The molecule has 0 radical (unpaired) electrons. The fourth-order valence-corrected chi connectivity index (χ4v) is 2.02. The van der Waals surface area contributed by atoms with Gasteiger partial charge in [-0.25, -0.2) is 8.42 Å². The quantitative estimate of drug-likeness (QED) is 0.593. The van der Waals surface area contributed by atoms with Gasteiger partial charge >= 0.3 is 0 Å². The maximum absolute atomic E-state index is 11.0. The minimum Gasteiger partial charge on any atom is -0.258 e. The van der Waals surface area contributed by atoms with Crippen molar-refractivity contribution in [1.82, 2.24) is 0 Å². The van der Waals surface area contributed by atoms with E-state index in [0.717, 1.165) is 6.26 Å². The molecule has 0 aliphatic rings. The van der Waals surface area contributed by atoms with Gasteiger partial charge in [-0.3, -0.25) is 10.1 Å². The Morgan fingerprint density at radius 1 is 1.38 bits per heavy atom. The number of nitrogens with zero attached hydrogens (tertiary/aromatic N) is 1. The smallest absolute Gasteiger partial charge is 0.258 e. The van der Waals surface area contributed by atoms with Crippen molar-refractivity contribution < 1.29 is 13.3 Å². The monoisotopic (exact) mass is 241 g/mol. The number of benzene rings is 1. The van der Waals surface area contributed by atoms with Crippen LogP contribution in [-0.4, -0.2) is 25.3 Å². The van der Waals surface area contributed by atoms with Crippen LogP contribution in [0.25, 0.3) is 5.57 Å². The molecule has 0 aliphatic carbocycles. The van der Waals surface area contributed by atoms with E-state index >= 15 is 0 Å². The van der Waals surface area contributed by atoms with Crippen molar-refractivity contribution in [3.8, 4) is 0 Å². The zero-order valence-corrected chi connectivity index (χ0v) is 9.53. The van der Waals surface area contributed by atoms with Crippen LogP contribution in [0.2, 0.25) is 0 Å². The Balaban J connectivity index is 2.90. The highest BCUT2D eigenvalue weighted by Crippen LogP contribution is 2.18. The molecule has 0 bridgehead atoms. The Morgan fingerprint density at radius 3 is 2.25 bits per heavy atom. The molecule has 1 aromatic rings. The molecular formula is C10H11NO4S. The molecule has 5 nitrogen and oxygen atoms in total. The standard InChI is InChI=1S/C10H11NO4S/c1-8(7-16(2,14)15)9-3-5-10(6-4-9)11(12)13/h3-6H,1,7H2,2H3. The molecule has 0 unspecified atom stereocenters. The van der Waals surface area contributed by atoms with Crippen LogP contribution in [0.3, 0.4) is 0 Å². The van der Waals surface area contributed by atoms with Crippen molar-refractivity contribution in [2.75, 3.05) is 12.0 Å². The van der Waals surface area contributed by atoms with Crippen LogP contribution >= 0.6 is 0 Å². The molecule has 86 valence electrons. The third-order valence-corrected chi connectivity index (χ3v) is 2.80. The largest absolute Gasteiger partial charge is 0.269 e. The molecule has 0 aromatic heterocycles. The van der Waals surface area contributed by atoms with Gasteiger partial charge in [0.25, 0.3) is 5.69 Å². The van der Waals surface area contributed by atoms with Crippen molar-refractivity contribution in [1.29, 1.82) is 0 Å². The van der Waals surface area contributed by atoms with E-state index in [9.17, 15) is 18.5 Å². The van der Waals surface area contributed by atoms with E-state index in [4.69, 9.17) is 0 Å². The third-order valence-electron chi connectivity index (χ3n) is 1.92. The molecule has 16 heavy (non-hydrogen) atoms. The highest BCUT2D eigenvalue weighted by molar-refractivity contribution is 7.91. The fourth-order valence-electron chi connectivity index (χ4n) is 1.22. The predicted octanol–water partition coefficient (Wildman–Crippen LogP) is 1.65. The minimum atomic E-state index is -3.13. The van der Waals surface area contributed by atoms with E-state index in [1.54, 1.807) is 0 Å². The summed E-state index contributed by atoms with van der Waals surface area (Å²) in [6.45, 7) is 3.64. The van der Waals surface area contributed by atoms with Crippen molar-refractivity contribution >= 4 is 21.1 Å². The number of nitro groups is 1. The Bertz CT molecular complexity index is 516. The second kappa shape index (κ2) is 4.44. The number of nitro benzene ring substituents is 1. The molecule has 1 aromatic carbocycles. The molecule has 0 N–H and O–H groups in total. The molecule has 0 aliphatic heterocycles. The van der Waals surface area contributed by atoms with Crippen LogP contribution in [0.4, 0.5) is 5.69 Å². The molecule has 0 amide bonds. The summed E-state index contributed by atoms with van der Waals surface area (Å²) in [7, 11) is -3.13. The Labute approximate surface area is 93.5 Å². The molecule has 0 saturated heterocycles.